The molecule has 132 valence electrons. The topological polar surface area (TPSA) is 75.0 Å². The van der Waals surface area contributed by atoms with E-state index in [0.29, 0.717) is 30.3 Å². The zero-order chi connectivity index (χ0) is 17.9. The number of carbonyl (C=O) groups is 1. The molecule has 3 heterocycles. The van der Waals surface area contributed by atoms with E-state index in [1.54, 1.807) is 23.2 Å². The minimum absolute atomic E-state index is 0. The lowest BCUT2D eigenvalue weighted by Gasteiger charge is -2.19. The van der Waals surface area contributed by atoms with Gasteiger partial charge in [-0.25, -0.2) is 9.97 Å². The van der Waals surface area contributed by atoms with E-state index >= 15 is 0 Å². The molecule has 0 bridgehead atoms. The molecule has 4 aromatic rings. The molecular weight excluding hydrogens is 328 g/mol. The number of aromatic amines is 1. The van der Waals surface area contributed by atoms with E-state index < -0.39 is 0 Å². The molecule has 1 aromatic carbocycles. The average Bonchev–Trinajstić information content (AvgIpc) is 3.35. The Hall–Kier alpha value is -3.41. The molecule has 6 heteroatoms. The van der Waals surface area contributed by atoms with Crippen LogP contribution >= 0.6 is 0 Å². The third-order valence-electron chi connectivity index (χ3n) is 4.29. The number of nitrogens with zero attached hydrogens (tertiary/aromatic N) is 3. The fourth-order valence-corrected chi connectivity index (χ4v) is 2.94. The van der Waals surface area contributed by atoms with Crippen molar-refractivity contribution >= 4 is 16.9 Å². The number of fused-ring (bicyclic) bond motifs is 1. The van der Waals surface area contributed by atoms with Crippen LogP contribution in [0.25, 0.3) is 22.5 Å². The number of furan rings is 1. The van der Waals surface area contributed by atoms with Crippen LogP contribution in [0.3, 0.4) is 0 Å². The first-order chi connectivity index (χ1) is 12.8. The molecule has 6 nitrogen and oxygen atoms in total. The van der Waals surface area contributed by atoms with Gasteiger partial charge in [0.05, 0.1) is 0 Å². The first kappa shape index (κ1) is 16.1. The number of H-pyrrole nitrogens is 1. The van der Waals surface area contributed by atoms with Crippen LogP contribution in [0.5, 0.6) is 0 Å². The Labute approximate surface area is 152 Å². The van der Waals surface area contributed by atoms with Crippen molar-refractivity contribution in [3.63, 3.8) is 0 Å². The smallest absolute Gasteiger partial charge is 0.289 e. The summed E-state index contributed by atoms with van der Waals surface area (Å²) < 4.78 is 5.83. The summed E-state index contributed by atoms with van der Waals surface area (Å²) in [6.45, 7) is 3.10. The molecule has 0 aliphatic heterocycles. The predicted molar refractivity (Wildman–Crippen MR) is 101 cm³/mol. The summed E-state index contributed by atoms with van der Waals surface area (Å²) in [6.07, 6.45) is 3.28. The largest absolute Gasteiger partial charge is 0.449 e. The summed E-state index contributed by atoms with van der Waals surface area (Å²) in [5, 5.41) is 0.859. The van der Waals surface area contributed by atoms with E-state index in [1.807, 2.05) is 43.3 Å². The molecule has 4 rings (SSSR count). The Morgan fingerprint density at radius 3 is 2.81 bits per heavy atom. The van der Waals surface area contributed by atoms with E-state index in [9.17, 15) is 4.79 Å². The Morgan fingerprint density at radius 2 is 2.00 bits per heavy atom. The first-order valence-corrected chi connectivity index (χ1v) is 8.47. The Bertz CT molecular complexity index is 1040. The Balaban J connectivity index is 0.00000210. The second kappa shape index (κ2) is 6.84. The van der Waals surface area contributed by atoms with Gasteiger partial charge in [-0.1, -0.05) is 30.3 Å². The van der Waals surface area contributed by atoms with E-state index in [4.69, 9.17) is 4.42 Å². The highest BCUT2D eigenvalue weighted by atomic mass is 16.4. The summed E-state index contributed by atoms with van der Waals surface area (Å²) >= 11 is 0. The minimum Gasteiger partial charge on any atom is -0.449 e. The molecule has 0 unspecified atom stereocenters. The number of amides is 1. The zero-order valence-electron chi connectivity index (χ0n) is 14.3. The van der Waals surface area contributed by atoms with E-state index in [2.05, 4.69) is 15.0 Å². The number of hydrogen-bond donors (Lipinski definition) is 1. The maximum Gasteiger partial charge on any atom is 0.289 e. The third-order valence-corrected chi connectivity index (χ3v) is 4.29. The predicted octanol–water partition coefficient (Wildman–Crippen LogP) is 4.13. The number of nitrogens with one attached hydrogen (secondary N) is 1. The van der Waals surface area contributed by atoms with Crippen molar-refractivity contribution < 1.29 is 10.6 Å². The second-order valence-corrected chi connectivity index (χ2v) is 5.93. The molecule has 0 saturated carbocycles. The summed E-state index contributed by atoms with van der Waals surface area (Å²) in [4.78, 5) is 26.1. The van der Waals surface area contributed by atoms with Gasteiger partial charge in [-0.2, -0.15) is 0 Å². The van der Waals surface area contributed by atoms with Gasteiger partial charge in [0.2, 0.25) is 0 Å². The molecule has 0 fully saturated rings. The van der Waals surface area contributed by atoms with Crippen LogP contribution in [0.2, 0.25) is 0 Å². The maximum absolute atomic E-state index is 12.8. The summed E-state index contributed by atoms with van der Waals surface area (Å²) in [5.74, 6) is 0.721. The van der Waals surface area contributed by atoms with E-state index in [1.165, 1.54) is 6.33 Å². The second-order valence-electron chi connectivity index (χ2n) is 5.93. The highest BCUT2D eigenvalue weighted by Crippen LogP contribution is 2.27. The molecule has 0 saturated heterocycles. The van der Waals surface area contributed by atoms with E-state index in [0.717, 1.165) is 16.6 Å². The van der Waals surface area contributed by atoms with Gasteiger partial charge >= 0.3 is 0 Å². The molecule has 3 aromatic heterocycles. The van der Waals surface area contributed by atoms with Gasteiger partial charge in [-0.15, -0.1) is 0 Å². The van der Waals surface area contributed by atoms with Crippen molar-refractivity contribution in [1.82, 2.24) is 19.9 Å². The maximum atomic E-state index is 12.8. The van der Waals surface area contributed by atoms with Gasteiger partial charge in [0.1, 0.15) is 17.7 Å². The van der Waals surface area contributed by atoms with Gasteiger partial charge in [0.15, 0.2) is 11.5 Å². The lowest BCUT2D eigenvalue weighted by atomic mass is 10.2. The molecule has 0 spiro atoms. The van der Waals surface area contributed by atoms with Crippen molar-refractivity contribution in [2.75, 3.05) is 6.54 Å². The monoisotopic (exact) mass is 348 g/mol. The lowest BCUT2D eigenvalue weighted by Crippen LogP contribution is -2.29. The standard InChI is InChI=1S/C20H18N4O2.H2/c1-2-24(12-14-6-4-3-5-7-14)20(25)17-9-8-16(26-17)18-15-10-11-21-19(15)23-13-22-18;/h3-11,13H,2,12H2,1H3,(H,21,22,23);1H. The van der Waals surface area contributed by atoms with Crippen molar-refractivity contribution in [2.45, 2.75) is 13.5 Å². The number of rotatable bonds is 5. The van der Waals surface area contributed by atoms with Crippen LogP contribution < -0.4 is 0 Å². The summed E-state index contributed by atoms with van der Waals surface area (Å²) in [5.41, 5.74) is 2.49. The third kappa shape index (κ3) is 2.97. The van der Waals surface area contributed by atoms with Gasteiger partial charge in [-0.3, -0.25) is 4.79 Å². The Kier molecular flexibility index (Phi) is 4.23. The molecule has 26 heavy (non-hydrogen) atoms. The van der Waals surface area contributed by atoms with Crippen LogP contribution in [0.15, 0.2) is 65.5 Å². The van der Waals surface area contributed by atoms with Gasteiger partial charge in [-0.05, 0) is 30.7 Å². The molecular formula is C20H20N4O2. The number of carbonyl (C=O) groups excluding carboxylic acids is 1. The van der Waals surface area contributed by atoms with Crippen LogP contribution in [-0.2, 0) is 6.54 Å². The van der Waals surface area contributed by atoms with Gasteiger partial charge in [0, 0.05) is 26.1 Å². The van der Waals surface area contributed by atoms with Crippen LogP contribution in [0.4, 0.5) is 0 Å². The molecule has 0 atom stereocenters. The fraction of sp³-hybridized carbons (Fsp3) is 0.150. The average molecular weight is 348 g/mol. The minimum atomic E-state index is -0.137. The fourth-order valence-electron chi connectivity index (χ4n) is 2.94. The quantitative estimate of drug-likeness (QED) is 0.588. The number of aromatic nitrogens is 3. The lowest BCUT2D eigenvalue weighted by molar-refractivity contribution is 0.0721. The molecule has 0 aliphatic carbocycles. The van der Waals surface area contributed by atoms with Crippen LogP contribution in [0.1, 0.15) is 24.5 Å². The highest BCUT2D eigenvalue weighted by Gasteiger charge is 2.20. The summed E-state index contributed by atoms with van der Waals surface area (Å²) in [7, 11) is 0. The van der Waals surface area contributed by atoms with Crippen molar-refractivity contribution in [3.05, 3.63) is 72.4 Å². The van der Waals surface area contributed by atoms with Crippen molar-refractivity contribution in [2.24, 2.45) is 0 Å². The van der Waals surface area contributed by atoms with Crippen LogP contribution in [0, 0.1) is 0 Å². The highest BCUT2D eigenvalue weighted by molar-refractivity contribution is 5.93. The van der Waals surface area contributed by atoms with Gasteiger partial charge < -0.3 is 14.3 Å². The van der Waals surface area contributed by atoms with Crippen LogP contribution in [-0.4, -0.2) is 32.3 Å². The number of hydrogen-bond acceptors (Lipinski definition) is 4. The van der Waals surface area contributed by atoms with Crippen molar-refractivity contribution in [3.8, 4) is 11.5 Å². The van der Waals surface area contributed by atoms with Crippen molar-refractivity contribution in [1.29, 1.82) is 0 Å². The molecule has 0 aliphatic rings. The summed E-state index contributed by atoms with van der Waals surface area (Å²) in [6, 6.07) is 15.3. The Morgan fingerprint density at radius 1 is 1.15 bits per heavy atom. The zero-order valence-corrected chi connectivity index (χ0v) is 14.3. The molecule has 1 N–H and O–H groups in total. The normalized spacial score (nSPS) is 11.0. The van der Waals surface area contributed by atoms with Gasteiger partial charge in [0.25, 0.3) is 5.91 Å². The van der Waals surface area contributed by atoms with E-state index in [-0.39, 0.29) is 7.33 Å². The molecule has 0 radical (unpaired) electrons. The number of benzene rings is 1. The molecule has 1 amide bonds. The first-order valence-electron chi connectivity index (χ1n) is 8.47. The SMILES string of the molecule is CCN(Cc1ccccc1)C(=O)c1ccc(-c2ncnc3[nH]ccc23)o1.[HH].